The van der Waals surface area contributed by atoms with Gasteiger partial charge >= 0.3 is 0 Å². The maximum atomic E-state index is 12.6. The van der Waals surface area contributed by atoms with Crippen molar-refractivity contribution in [3.63, 3.8) is 0 Å². The summed E-state index contributed by atoms with van der Waals surface area (Å²) in [5.41, 5.74) is 2.04. The molecule has 1 saturated heterocycles. The van der Waals surface area contributed by atoms with Crippen LogP contribution in [-0.2, 0) is 27.8 Å². The van der Waals surface area contributed by atoms with Crippen LogP contribution in [0.5, 0.6) is 0 Å². The first-order valence-corrected chi connectivity index (χ1v) is 10.5. The van der Waals surface area contributed by atoms with E-state index >= 15 is 0 Å². The van der Waals surface area contributed by atoms with Gasteiger partial charge in [-0.15, -0.1) is 0 Å². The zero-order chi connectivity index (χ0) is 18.6. The van der Waals surface area contributed by atoms with Gasteiger partial charge in [0, 0.05) is 36.2 Å². The third-order valence-electron chi connectivity index (χ3n) is 4.22. The molecule has 1 fully saturated rings. The summed E-state index contributed by atoms with van der Waals surface area (Å²) in [7, 11) is -3.71. The van der Waals surface area contributed by atoms with Crippen LogP contribution in [0.1, 0.15) is 11.1 Å². The van der Waals surface area contributed by atoms with Gasteiger partial charge < -0.3 is 4.74 Å². The Morgan fingerprint density at radius 3 is 2.27 bits per heavy atom. The molecule has 1 heterocycles. The van der Waals surface area contributed by atoms with Gasteiger partial charge in [0.2, 0.25) is 10.0 Å². The minimum Gasteiger partial charge on any atom is -0.379 e. The molecule has 1 N–H and O–H groups in total. The number of nitrogens with zero attached hydrogens (tertiary/aromatic N) is 1. The van der Waals surface area contributed by atoms with E-state index in [1.807, 2.05) is 24.3 Å². The topological polar surface area (TPSA) is 58.6 Å². The molecule has 26 heavy (non-hydrogen) atoms. The van der Waals surface area contributed by atoms with Crippen LogP contribution in [0.3, 0.4) is 0 Å². The molecule has 0 radical (unpaired) electrons. The Balaban J connectivity index is 1.72. The molecular weight excluding hydrogens is 395 g/mol. The molecule has 0 unspecified atom stereocenters. The first kappa shape index (κ1) is 19.6. The minimum atomic E-state index is -3.71. The molecule has 0 atom stereocenters. The molecule has 0 amide bonds. The van der Waals surface area contributed by atoms with E-state index in [1.165, 1.54) is 18.2 Å². The summed E-state index contributed by atoms with van der Waals surface area (Å²) in [6.07, 6.45) is 0. The number of sulfonamides is 1. The van der Waals surface area contributed by atoms with Crippen molar-refractivity contribution in [2.45, 2.75) is 18.0 Å². The highest BCUT2D eigenvalue weighted by molar-refractivity contribution is 7.89. The second-order valence-corrected chi connectivity index (χ2v) is 8.73. The van der Waals surface area contributed by atoms with E-state index in [0.717, 1.165) is 44.0 Å². The van der Waals surface area contributed by atoms with Crippen molar-refractivity contribution in [2.24, 2.45) is 0 Å². The molecule has 3 rings (SSSR count). The van der Waals surface area contributed by atoms with E-state index in [0.29, 0.717) is 0 Å². The summed E-state index contributed by atoms with van der Waals surface area (Å²) in [6, 6.07) is 12.1. The second-order valence-electron chi connectivity index (χ2n) is 6.09. The summed E-state index contributed by atoms with van der Waals surface area (Å²) >= 11 is 11.8. The van der Waals surface area contributed by atoms with Gasteiger partial charge in [-0.2, -0.15) is 0 Å². The molecular formula is C18H20Cl2N2O3S. The zero-order valence-electron chi connectivity index (χ0n) is 14.1. The maximum Gasteiger partial charge on any atom is 0.240 e. The maximum absolute atomic E-state index is 12.6. The molecule has 8 heteroatoms. The quantitative estimate of drug-likeness (QED) is 0.787. The van der Waals surface area contributed by atoms with Gasteiger partial charge in [0.25, 0.3) is 0 Å². The first-order valence-electron chi connectivity index (χ1n) is 8.27. The number of hydrogen-bond acceptors (Lipinski definition) is 4. The standard InChI is InChI=1S/C18H20Cl2N2O3S/c19-16-9-17(20)11-18(10-16)26(23,24)21-12-14-3-1-2-4-15(14)13-22-5-7-25-8-6-22/h1-4,9-11,21H,5-8,12-13H2. The number of hydrogen-bond donors (Lipinski definition) is 1. The van der Waals surface area contributed by atoms with Gasteiger partial charge in [-0.3, -0.25) is 4.90 Å². The zero-order valence-corrected chi connectivity index (χ0v) is 16.4. The van der Waals surface area contributed by atoms with E-state index in [4.69, 9.17) is 27.9 Å². The third kappa shape index (κ3) is 5.19. The molecule has 0 bridgehead atoms. The SMILES string of the molecule is O=S(=O)(NCc1ccccc1CN1CCOCC1)c1cc(Cl)cc(Cl)c1. The molecule has 5 nitrogen and oxygen atoms in total. The summed E-state index contributed by atoms with van der Waals surface area (Å²) in [5.74, 6) is 0. The van der Waals surface area contributed by atoms with Crippen molar-refractivity contribution in [2.75, 3.05) is 26.3 Å². The monoisotopic (exact) mass is 414 g/mol. The van der Waals surface area contributed by atoms with Gasteiger partial charge in [0.1, 0.15) is 0 Å². The molecule has 1 aliphatic heterocycles. The van der Waals surface area contributed by atoms with E-state index < -0.39 is 10.0 Å². The molecule has 0 aromatic heterocycles. The fourth-order valence-electron chi connectivity index (χ4n) is 2.82. The Kier molecular flexibility index (Phi) is 6.55. The summed E-state index contributed by atoms with van der Waals surface area (Å²) in [5, 5.41) is 0.566. The highest BCUT2D eigenvalue weighted by atomic mass is 35.5. The smallest absolute Gasteiger partial charge is 0.240 e. The second kappa shape index (κ2) is 8.69. The van der Waals surface area contributed by atoms with Crippen LogP contribution in [0.4, 0.5) is 0 Å². The Bertz CT molecular complexity index is 848. The Hall–Kier alpha value is -1.15. The third-order valence-corrected chi connectivity index (χ3v) is 6.03. The van der Waals surface area contributed by atoms with Gasteiger partial charge in [0.15, 0.2) is 0 Å². The number of rotatable bonds is 6. The number of ether oxygens (including phenoxy) is 1. The number of halogens is 2. The Morgan fingerprint density at radius 2 is 1.62 bits per heavy atom. The highest BCUT2D eigenvalue weighted by Crippen LogP contribution is 2.22. The summed E-state index contributed by atoms with van der Waals surface area (Å²) in [4.78, 5) is 2.36. The Labute approximate surface area is 163 Å². The van der Waals surface area contributed by atoms with Crippen molar-refractivity contribution in [3.05, 3.63) is 63.6 Å². The minimum absolute atomic E-state index is 0.0562. The van der Waals surface area contributed by atoms with Crippen LogP contribution in [0.25, 0.3) is 0 Å². The lowest BCUT2D eigenvalue weighted by molar-refractivity contribution is 0.0341. The lowest BCUT2D eigenvalue weighted by atomic mass is 10.1. The number of morpholine rings is 1. The van der Waals surface area contributed by atoms with Crippen LogP contribution in [-0.4, -0.2) is 39.6 Å². The fraction of sp³-hybridized carbons (Fsp3) is 0.333. The van der Waals surface area contributed by atoms with Crippen molar-refractivity contribution in [1.82, 2.24) is 9.62 Å². The fourth-order valence-corrected chi connectivity index (χ4v) is 4.56. The van der Waals surface area contributed by atoms with Crippen LogP contribution in [0.2, 0.25) is 10.0 Å². The lowest BCUT2D eigenvalue weighted by Crippen LogP contribution is -2.36. The molecule has 1 aliphatic rings. The predicted molar refractivity (Wildman–Crippen MR) is 103 cm³/mol. The van der Waals surface area contributed by atoms with Gasteiger partial charge in [0.05, 0.1) is 18.1 Å². The average molecular weight is 415 g/mol. The molecule has 140 valence electrons. The lowest BCUT2D eigenvalue weighted by Gasteiger charge is -2.27. The molecule has 0 saturated carbocycles. The highest BCUT2D eigenvalue weighted by Gasteiger charge is 2.17. The van der Waals surface area contributed by atoms with E-state index in [-0.39, 0.29) is 21.5 Å². The largest absolute Gasteiger partial charge is 0.379 e. The Morgan fingerprint density at radius 1 is 1.00 bits per heavy atom. The summed E-state index contributed by atoms with van der Waals surface area (Å²) < 4.78 is 33.1. The molecule has 0 aliphatic carbocycles. The van der Waals surface area contributed by atoms with Crippen LogP contribution < -0.4 is 4.72 Å². The average Bonchev–Trinajstić information content (AvgIpc) is 2.61. The molecule has 2 aromatic rings. The summed E-state index contributed by atoms with van der Waals surface area (Å²) in [6.45, 7) is 4.17. The number of benzene rings is 2. The van der Waals surface area contributed by atoms with Crippen LogP contribution in [0.15, 0.2) is 47.4 Å². The van der Waals surface area contributed by atoms with Crippen LogP contribution in [0, 0.1) is 0 Å². The van der Waals surface area contributed by atoms with Crippen LogP contribution >= 0.6 is 23.2 Å². The first-order chi connectivity index (χ1) is 12.4. The van der Waals surface area contributed by atoms with E-state index in [9.17, 15) is 8.42 Å². The molecule has 0 spiro atoms. The van der Waals surface area contributed by atoms with E-state index in [2.05, 4.69) is 9.62 Å². The number of nitrogens with one attached hydrogen (secondary N) is 1. The predicted octanol–water partition coefficient (Wildman–Crippen LogP) is 3.30. The van der Waals surface area contributed by atoms with Crippen molar-refractivity contribution in [1.29, 1.82) is 0 Å². The van der Waals surface area contributed by atoms with Gasteiger partial charge in [-0.25, -0.2) is 13.1 Å². The van der Waals surface area contributed by atoms with Crippen molar-refractivity contribution < 1.29 is 13.2 Å². The van der Waals surface area contributed by atoms with Gasteiger partial charge in [-0.05, 0) is 29.3 Å². The normalized spacial score (nSPS) is 15.9. The van der Waals surface area contributed by atoms with E-state index in [1.54, 1.807) is 0 Å². The van der Waals surface area contributed by atoms with Crippen molar-refractivity contribution >= 4 is 33.2 Å². The van der Waals surface area contributed by atoms with Gasteiger partial charge in [-0.1, -0.05) is 47.5 Å². The van der Waals surface area contributed by atoms with Crippen molar-refractivity contribution in [3.8, 4) is 0 Å². The molecule has 2 aromatic carbocycles.